The minimum atomic E-state index is 0.0601. The first-order valence-electron chi connectivity index (χ1n) is 8.51. The normalized spacial score (nSPS) is 16.9. The number of hydrogen-bond acceptors (Lipinski definition) is 3. The van der Waals surface area contributed by atoms with E-state index in [-0.39, 0.29) is 11.9 Å². The van der Waals surface area contributed by atoms with E-state index in [9.17, 15) is 4.79 Å². The highest BCUT2D eigenvalue weighted by molar-refractivity contribution is 5.97. The number of fused-ring (bicyclic) bond motifs is 1. The van der Waals surface area contributed by atoms with E-state index in [1.807, 2.05) is 41.4 Å². The van der Waals surface area contributed by atoms with E-state index in [0.29, 0.717) is 18.0 Å². The van der Waals surface area contributed by atoms with Crippen LogP contribution < -0.4 is 0 Å². The van der Waals surface area contributed by atoms with Crippen LogP contribution in [0.25, 0.3) is 22.3 Å². The first kappa shape index (κ1) is 15.6. The number of amides is 1. The quantitative estimate of drug-likeness (QED) is 0.745. The van der Waals surface area contributed by atoms with E-state index >= 15 is 0 Å². The smallest absolute Gasteiger partial charge is 0.254 e. The van der Waals surface area contributed by atoms with Gasteiger partial charge in [0.1, 0.15) is 12.0 Å². The van der Waals surface area contributed by atoms with Crippen LogP contribution in [0.3, 0.4) is 0 Å². The number of benzene rings is 1. The van der Waals surface area contributed by atoms with Crippen molar-refractivity contribution in [2.24, 2.45) is 5.92 Å². The molecule has 5 nitrogen and oxygen atoms in total. The summed E-state index contributed by atoms with van der Waals surface area (Å²) >= 11 is 0. The summed E-state index contributed by atoms with van der Waals surface area (Å²) in [5, 5.41) is 0.954. The van der Waals surface area contributed by atoms with E-state index in [1.54, 1.807) is 6.33 Å². The van der Waals surface area contributed by atoms with Gasteiger partial charge >= 0.3 is 0 Å². The van der Waals surface area contributed by atoms with Gasteiger partial charge in [-0.15, -0.1) is 0 Å². The standard InChI is InChI=1S/C20H20N4O/c1-13(2)17-7-4-10-24(17)20(25)15-6-3-5-14(11-15)18-16-8-9-21-19(16)23-12-22-18/h3-9,11-13,17H,10H2,1-2H3,(H,21,22,23)/t17-/m1/s1. The third-order valence-electron chi connectivity index (χ3n) is 4.68. The van der Waals surface area contributed by atoms with Crippen molar-refractivity contribution in [3.8, 4) is 11.3 Å². The average molecular weight is 332 g/mol. The molecule has 2 aromatic heterocycles. The third-order valence-corrected chi connectivity index (χ3v) is 4.68. The lowest BCUT2D eigenvalue weighted by Crippen LogP contribution is -2.39. The largest absolute Gasteiger partial charge is 0.346 e. The molecule has 25 heavy (non-hydrogen) atoms. The number of rotatable bonds is 3. The van der Waals surface area contributed by atoms with Crippen LogP contribution in [0.2, 0.25) is 0 Å². The van der Waals surface area contributed by atoms with Gasteiger partial charge in [0.15, 0.2) is 0 Å². The molecular weight excluding hydrogens is 312 g/mol. The van der Waals surface area contributed by atoms with Crippen molar-refractivity contribution in [2.45, 2.75) is 19.9 Å². The minimum Gasteiger partial charge on any atom is -0.346 e. The van der Waals surface area contributed by atoms with Crippen LogP contribution in [-0.2, 0) is 0 Å². The van der Waals surface area contributed by atoms with Crippen LogP contribution in [0.4, 0.5) is 0 Å². The van der Waals surface area contributed by atoms with Gasteiger partial charge < -0.3 is 9.88 Å². The van der Waals surface area contributed by atoms with Gasteiger partial charge in [-0.3, -0.25) is 4.79 Å². The Morgan fingerprint density at radius 1 is 1.28 bits per heavy atom. The molecule has 0 bridgehead atoms. The van der Waals surface area contributed by atoms with Gasteiger partial charge in [-0.25, -0.2) is 9.97 Å². The zero-order chi connectivity index (χ0) is 17.4. The number of H-pyrrole nitrogens is 1. The lowest BCUT2D eigenvalue weighted by molar-refractivity contribution is 0.0720. The second-order valence-electron chi connectivity index (χ2n) is 6.66. The Morgan fingerprint density at radius 2 is 2.16 bits per heavy atom. The Balaban J connectivity index is 1.70. The van der Waals surface area contributed by atoms with E-state index in [1.165, 1.54) is 0 Å². The molecule has 3 heterocycles. The molecule has 0 fully saturated rings. The summed E-state index contributed by atoms with van der Waals surface area (Å²) in [4.78, 5) is 26.7. The van der Waals surface area contributed by atoms with Gasteiger partial charge in [-0.1, -0.05) is 38.1 Å². The zero-order valence-corrected chi connectivity index (χ0v) is 14.3. The van der Waals surface area contributed by atoms with Crippen molar-refractivity contribution in [3.63, 3.8) is 0 Å². The molecule has 1 N–H and O–H groups in total. The van der Waals surface area contributed by atoms with E-state index in [0.717, 1.165) is 22.3 Å². The Labute approximate surface area is 146 Å². The van der Waals surface area contributed by atoms with Crippen molar-refractivity contribution in [3.05, 3.63) is 60.6 Å². The Kier molecular flexibility index (Phi) is 3.84. The molecule has 1 atom stereocenters. The van der Waals surface area contributed by atoms with Crippen LogP contribution >= 0.6 is 0 Å². The summed E-state index contributed by atoms with van der Waals surface area (Å²) < 4.78 is 0. The number of carbonyl (C=O) groups is 1. The molecule has 4 rings (SSSR count). The fraction of sp³-hybridized carbons (Fsp3) is 0.250. The van der Waals surface area contributed by atoms with Gasteiger partial charge in [-0.05, 0) is 24.1 Å². The summed E-state index contributed by atoms with van der Waals surface area (Å²) in [7, 11) is 0. The predicted octanol–water partition coefficient (Wildman–Crippen LogP) is 3.66. The second kappa shape index (κ2) is 6.16. The van der Waals surface area contributed by atoms with E-state index < -0.39 is 0 Å². The van der Waals surface area contributed by atoms with Gasteiger partial charge in [0.05, 0.1) is 11.7 Å². The van der Waals surface area contributed by atoms with Gasteiger partial charge in [-0.2, -0.15) is 0 Å². The molecule has 0 radical (unpaired) electrons. The Morgan fingerprint density at radius 3 is 3.00 bits per heavy atom. The van der Waals surface area contributed by atoms with Gasteiger partial charge in [0.2, 0.25) is 0 Å². The Hall–Kier alpha value is -2.95. The molecule has 0 unspecified atom stereocenters. The maximum Gasteiger partial charge on any atom is 0.254 e. The third kappa shape index (κ3) is 2.71. The van der Waals surface area contributed by atoms with Crippen molar-refractivity contribution in [1.29, 1.82) is 0 Å². The molecule has 1 amide bonds. The zero-order valence-electron chi connectivity index (χ0n) is 14.3. The lowest BCUT2D eigenvalue weighted by atomic mass is 10.0. The summed E-state index contributed by atoms with van der Waals surface area (Å²) in [5.74, 6) is 0.456. The molecule has 3 aromatic rings. The van der Waals surface area contributed by atoms with Gasteiger partial charge in [0.25, 0.3) is 5.91 Å². The summed E-state index contributed by atoms with van der Waals surface area (Å²) in [6.45, 7) is 4.95. The second-order valence-corrected chi connectivity index (χ2v) is 6.66. The lowest BCUT2D eigenvalue weighted by Gasteiger charge is -2.27. The average Bonchev–Trinajstić information content (AvgIpc) is 3.30. The molecule has 0 saturated heterocycles. The van der Waals surface area contributed by atoms with Crippen molar-refractivity contribution in [1.82, 2.24) is 19.9 Å². The molecule has 0 aliphatic carbocycles. The maximum absolute atomic E-state index is 13.0. The monoisotopic (exact) mass is 332 g/mol. The maximum atomic E-state index is 13.0. The summed E-state index contributed by atoms with van der Waals surface area (Å²) in [6, 6.07) is 9.80. The summed E-state index contributed by atoms with van der Waals surface area (Å²) in [6.07, 6.45) is 7.59. The highest BCUT2D eigenvalue weighted by Gasteiger charge is 2.28. The van der Waals surface area contributed by atoms with E-state index in [2.05, 4.69) is 41.0 Å². The fourth-order valence-corrected chi connectivity index (χ4v) is 3.41. The Bertz CT molecular complexity index is 957. The first-order valence-corrected chi connectivity index (χ1v) is 8.51. The van der Waals surface area contributed by atoms with Gasteiger partial charge in [0, 0.05) is 29.3 Å². The van der Waals surface area contributed by atoms with Crippen LogP contribution in [0.1, 0.15) is 24.2 Å². The number of nitrogens with zero attached hydrogens (tertiary/aromatic N) is 3. The molecule has 126 valence electrons. The minimum absolute atomic E-state index is 0.0601. The first-order chi connectivity index (χ1) is 12.1. The van der Waals surface area contributed by atoms with Crippen LogP contribution in [0, 0.1) is 5.92 Å². The molecule has 1 aromatic carbocycles. The topological polar surface area (TPSA) is 61.9 Å². The molecular formula is C20H20N4O. The molecule has 1 aliphatic heterocycles. The molecule has 5 heteroatoms. The molecule has 0 saturated carbocycles. The van der Waals surface area contributed by atoms with Crippen molar-refractivity contribution < 1.29 is 4.79 Å². The fourth-order valence-electron chi connectivity index (χ4n) is 3.41. The van der Waals surface area contributed by atoms with Crippen LogP contribution in [0.15, 0.2) is 55.0 Å². The predicted molar refractivity (Wildman–Crippen MR) is 98.1 cm³/mol. The number of aromatic amines is 1. The highest BCUT2D eigenvalue weighted by Crippen LogP contribution is 2.27. The number of aromatic nitrogens is 3. The van der Waals surface area contributed by atoms with Crippen LogP contribution in [-0.4, -0.2) is 38.3 Å². The molecule has 1 aliphatic rings. The highest BCUT2D eigenvalue weighted by atomic mass is 16.2. The van der Waals surface area contributed by atoms with Crippen molar-refractivity contribution in [2.75, 3.05) is 6.54 Å². The number of carbonyl (C=O) groups excluding carboxylic acids is 1. The SMILES string of the molecule is CC(C)[C@H]1C=CCN1C(=O)c1cccc(-c2ncnc3[nH]ccc23)c1. The van der Waals surface area contributed by atoms with Crippen LogP contribution in [0.5, 0.6) is 0 Å². The van der Waals surface area contributed by atoms with Crippen molar-refractivity contribution >= 4 is 16.9 Å². The summed E-state index contributed by atoms with van der Waals surface area (Å²) in [5.41, 5.74) is 3.24. The number of hydrogen-bond donors (Lipinski definition) is 1. The number of nitrogens with one attached hydrogen (secondary N) is 1. The molecule has 0 spiro atoms. The van der Waals surface area contributed by atoms with E-state index in [4.69, 9.17) is 0 Å².